The fourth-order valence-corrected chi connectivity index (χ4v) is 3.30. The SMILES string of the molecule is CCC1(CCC2CCN(C)C2)CCCN1. The van der Waals surface area contributed by atoms with Crippen molar-refractivity contribution in [2.75, 3.05) is 26.7 Å². The van der Waals surface area contributed by atoms with Gasteiger partial charge in [-0.3, -0.25) is 0 Å². The summed E-state index contributed by atoms with van der Waals surface area (Å²) in [7, 11) is 2.25. The number of rotatable bonds is 4. The summed E-state index contributed by atoms with van der Waals surface area (Å²) in [5.41, 5.74) is 0.515. The lowest BCUT2D eigenvalue weighted by Crippen LogP contribution is -2.39. The van der Waals surface area contributed by atoms with Gasteiger partial charge in [0, 0.05) is 12.1 Å². The fourth-order valence-electron chi connectivity index (χ4n) is 3.30. The standard InChI is InChI=1S/C13H26N2/c1-3-13(7-4-9-14-13)8-5-12-6-10-15(2)11-12/h12,14H,3-11H2,1-2H3. The second-order valence-electron chi connectivity index (χ2n) is 5.62. The van der Waals surface area contributed by atoms with Crippen LogP contribution in [0.25, 0.3) is 0 Å². The molecule has 2 heteroatoms. The molecule has 0 amide bonds. The van der Waals surface area contributed by atoms with Crippen molar-refractivity contribution < 1.29 is 0 Å². The third kappa shape index (κ3) is 2.73. The summed E-state index contributed by atoms with van der Waals surface area (Å²) >= 11 is 0. The first kappa shape index (κ1) is 11.4. The summed E-state index contributed by atoms with van der Waals surface area (Å²) in [5.74, 6) is 0.973. The van der Waals surface area contributed by atoms with E-state index in [1.54, 1.807) is 0 Å². The van der Waals surface area contributed by atoms with Crippen LogP contribution in [0, 0.1) is 5.92 Å². The summed E-state index contributed by atoms with van der Waals surface area (Å²) < 4.78 is 0. The number of hydrogen-bond donors (Lipinski definition) is 1. The van der Waals surface area contributed by atoms with Crippen molar-refractivity contribution >= 4 is 0 Å². The Labute approximate surface area is 94.4 Å². The van der Waals surface area contributed by atoms with Crippen LogP contribution in [0.15, 0.2) is 0 Å². The van der Waals surface area contributed by atoms with Crippen molar-refractivity contribution in [1.29, 1.82) is 0 Å². The van der Waals surface area contributed by atoms with Crippen LogP contribution in [0.3, 0.4) is 0 Å². The average Bonchev–Trinajstić information content (AvgIpc) is 2.85. The summed E-state index contributed by atoms with van der Waals surface area (Å²) in [6.45, 7) is 6.24. The predicted molar refractivity (Wildman–Crippen MR) is 65.1 cm³/mol. The van der Waals surface area contributed by atoms with Gasteiger partial charge in [-0.25, -0.2) is 0 Å². The first-order valence-electron chi connectivity index (χ1n) is 6.68. The molecule has 0 saturated carbocycles. The van der Waals surface area contributed by atoms with Gasteiger partial charge in [0.25, 0.3) is 0 Å². The second kappa shape index (κ2) is 4.84. The molecule has 0 aromatic heterocycles. The fraction of sp³-hybridized carbons (Fsp3) is 1.00. The Kier molecular flexibility index (Phi) is 3.68. The molecule has 2 saturated heterocycles. The molecule has 0 radical (unpaired) electrons. The molecule has 1 N–H and O–H groups in total. The van der Waals surface area contributed by atoms with E-state index in [0.29, 0.717) is 5.54 Å². The molecule has 2 heterocycles. The Bertz CT molecular complexity index is 197. The van der Waals surface area contributed by atoms with Crippen molar-refractivity contribution in [3.8, 4) is 0 Å². The van der Waals surface area contributed by atoms with Crippen LogP contribution in [-0.4, -0.2) is 37.1 Å². The van der Waals surface area contributed by atoms with E-state index < -0.39 is 0 Å². The molecule has 0 aliphatic carbocycles. The molecule has 2 unspecified atom stereocenters. The lowest BCUT2D eigenvalue weighted by atomic mass is 9.85. The Hall–Kier alpha value is -0.0800. The molecule has 2 nitrogen and oxygen atoms in total. The van der Waals surface area contributed by atoms with E-state index >= 15 is 0 Å². The maximum Gasteiger partial charge on any atom is 0.0179 e. The highest BCUT2D eigenvalue weighted by Crippen LogP contribution is 2.31. The smallest absolute Gasteiger partial charge is 0.0179 e. The van der Waals surface area contributed by atoms with Crippen LogP contribution in [0.4, 0.5) is 0 Å². The van der Waals surface area contributed by atoms with E-state index in [0.717, 1.165) is 5.92 Å². The summed E-state index contributed by atoms with van der Waals surface area (Å²) in [4.78, 5) is 2.48. The summed E-state index contributed by atoms with van der Waals surface area (Å²) in [6.07, 6.45) is 8.38. The van der Waals surface area contributed by atoms with Crippen molar-refractivity contribution in [2.24, 2.45) is 5.92 Å². The van der Waals surface area contributed by atoms with Crippen molar-refractivity contribution in [2.45, 2.75) is 51.0 Å². The second-order valence-corrected chi connectivity index (χ2v) is 5.62. The molecule has 88 valence electrons. The number of nitrogens with one attached hydrogen (secondary N) is 1. The maximum atomic E-state index is 3.74. The molecule has 0 aromatic rings. The highest BCUT2D eigenvalue weighted by molar-refractivity contribution is 4.92. The van der Waals surface area contributed by atoms with E-state index in [4.69, 9.17) is 0 Å². The molecular weight excluding hydrogens is 184 g/mol. The van der Waals surface area contributed by atoms with Gasteiger partial charge in [-0.1, -0.05) is 6.92 Å². The van der Waals surface area contributed by atoms with Crippen molar-refractivity contribution in [3.63, 3.8) is 0 Å². The van der Waals surface area contributed by atoms with Crippen LogP contribution in [-0.2, 0) is 0 Å². The quantitative estimate of drug-likeness (QED) is 0.765. The molecule has 2 rings (SSSR count). The monoisotopic (exact) mass is 210 g/mol. The van der Waals surface area contributed by atoms with Crippen molar-refractivity contribution in [1.82, 2.24) is 10.2 Å². The number of likely N-dealkylation sites (tertiary alicyclic amines) is 1. The lowest BCUT2D eigenvalue weighted by Gasteiger charge is -2.29. The van der Waals surface area contributed by atoms with Gasteiger partial charge in [0.15, 0.2) is 0 Å². The van der Waals surface area contributed by atoms with Gasteiger partial charge in [-0.2, -0.15) is 0 Å². The summed E-state index contributed by atoms with van der Waals surface area (Å²) in [6, 6.07) is 0. The molecule has 15 heavy (non-hydrogen) atoms. The van der Waals surface area contributed by atoms with Gasteiger partial charge < -0.3 is 10.2 Å². The molecule has 0 spiro atoms. The topological polar surface area (TPSA) is 15.3 Å². The Morgan fingerprint density at radius 1 is 1.47 bits per heavy atom. The van der Waals surface area contributed by atoms with Gasteiger partial charge in [0.1, 0.15) is 0 Å². The van der Waals surface area contributed by atoms with Gasteiger partial charge in [0.05, 0.1) is 0 Å². The molecular formula is C13H26N2. The maximum absolute atomic E-state index is 3.74. The predicted octanol–water partition coefficient (Wildman–Crippen LogP) is 2.25. The first-order chi connectivity index (χ1) is 7.24. The van der Waals surface area contributed by atoms with Crippen molar-refractivity contribution in [3.05, 3.63) is 0 Å². The third-order valence-corrected chi connectivity index (χ3v) is 4.53. The normalized spacial score (nSPS) is 37.6. The minimum absolute atomic E-state index is 0.515. The summed E-state index contributed by atoms with van der Waals surface area (Å²) in [5, 5.41) is 3.74. The molecule has 2 aliphatic heterocycles. The Balaban J connectivity index is 1.76. The lowest BCUT2D eigenvalue weighted by molar-refractivity contribution is 0.295. The highest BCUT2D eigenvalue weighted by Gasteiger charge is 2.32. The van der Waals surface area contributed by atoms with Gasteiger partial charge in [-0.05, 0) is 64.6 Å². The molecule has 0 aromatic carbocycles. The van der Waals surface area contributed by atoms with Gasteiger partial charge >= 0.3 is 0 Å². The number of nitrogens with zero attached hydrogens (tertiary/aromatic N) is 1. The van der Waals surface area contributed by atoms with Crippen LogP contribution < -0.4 is 5.32 Å². The Morgan fingerprint density at radius 2 is 2.33 bits per heavy atom. The van der Waals surface area contributed by atoms with Crippen LogP contribution in [0.5, 0.6) is 0 Å². The Morgan fingerprint density at radius 3 is 2.87 bits per heavy atom. The van der Waals surface area contributed by atoms with Gasteiger partial charge in [-0.15, -0.1) is 0 Å². The average molecular weight is 210 g/mol. The zero-order valence-corrected chi connectivity index (χ0v) is 10.4. The van der Waals surface area contributed by atoms with E-state index in [2.05, 4.69) is 24.2 Å². The van der Waals surface area contributed by atoms with E-state index in [1.807, 2.05) is 0 Å². The van der Waals surface area contributed by atoms with E-state index in [9.17, 15) is 0 Å². The minimum Gasteiger partial charge on any atom is -0.311 e. The first-order valence-corrected chi connectivity index (χ1v) is 6.68. The van der Waals surface area contributed by atoms with Crippen LogP contribution in [0.1, 0.15) is 45.4 Å². The van der Waals surface area contributed by atoms with Gasteiger partial charge in [0.2, 0.25) is 0 Å². The van der Waals surface area contributed by atoms with Crippen LogP contribution in [0.2, 0.25) is 0 Å². The zero-order chi connectivity index (χ0) is 10.7. The number of hydrogen-bond acceptors (Lipinski definition) is 2. The molecule has 0 bridgehead atoms. The third-order valence-electron chi connectivity index (χ3n) is 4.53. The molecule has 2 fully saturated rings. The molecule has 2 aliphatic rings. The molecule has 2 atom stereocenters. The largest absolute Gasteiger partial charge is 0.311 e. The minimum atomic E-state index is 0.515. The van der Waals surface area contributed by atoms with E-state index in [-0.39, 0.29) is 0 Å². The zero-order valence-electron chi connectivity index (χ0n) is 10.4. The van der Waals surface area contributed by atoms with Crippen LogP contribution >= 0.6 is 0 Å². The van der Waals surface area contributed by atoms with E-state index in [1.165, 1.54) is 58.2 Å². The highest BCUT2D eigenvalue weighted by atomic mass is 15.1.